The van der Waals surface area contributed by atoms with Crippen molar-refractivity contribution in [3.05, 3.63) is 33.5 Å². The highest BCUT2D eigenvalue weighted by atomic mass is 32.1. The number of aryl methyl sites for hydroxylation is 1. The van der Waals surface area contributed by atoms with Gasteiger partial charge >= 0.3 is 0 Å². The minimum atomic E-state index is -0.0781. The summed E-state index contributed by atoms with van der Waals surface area (Å²) in [5.41, 5.74) is 1.17. The number of amides is 1. The molecule has 0 unspecified atom stereocenters. The number of Topliss-reactive ketones (excluding diaryl/α,β-unsaturated/α-hetero) is 1. The third-order valence-corrected chi connectivity index (χ3v) is 4.07. The number of rotatable bonds is 5. The van der Waals surface area contributed by atoms with Gasteiger partial charge in [-0.1, -0.05) is 11.3 Å². The van der Waals surface area contributed by atoms with Crippen LogP contribution in [-0.2, 0) is 11.2 Å². The van der Waals surface area contributed by atoms with E-state index in [9.17, 15) is 9.59 Å². The lowest BCUT2D eigenvalue weighted by molar-refractivity contribution is -0.116. The van der Waals surface area contributed by atoms with E-state index in [0.717, 1.165) is 6.42 Å². The van der Waals surface area contributed by atoms with Crippen LogP contribution in [0.15, 0.2) is 23.0 Å². The highest BCUT2D eigenvalue weighted by Crippen LogP contribution is 2.18. The molecule has 0 aliphatic heterocycles. The summed E-state index contributed by atoms with van der Waals surface area (Å²) in [5.74, 6) is -0.114. The van der Waals surface area contributed by atoms with E-state index in [-0.39, 0.29) is 11.7 Å². The average molecular weight is 280 g/mol. The molecule has 0 radical (unpaired) electrons. The van der Waals surface area contributed by atoms with E-state index in [1.54, 1.807) is 11.3 Å². The fourth-order valence-electron chi connectivity index (χ4n) is 1.37. The molecule has 0 bridgehead atoms. The molecule has 1 N–H and O–H groups in total. The van der Waals surface area contributed by atoms with Crippen molar-refractivity contribution in [2.45, 2.75) is 19.8 Å². The van der Waals surface area contributed by atoms with Crippen molar-refractivity contribution in [3.8, 4) is 0 Å². The molecule has 2 rings (SSSR count). The predicted molar refractivity (Wildman–Crippen MR) is 73.4 cm³/mol. The Bertz CT molecular complexity index is 546. The van der Waals surface area contributed by atoms with E-state index in [0.29, 0.717) is 16.4 Å². The summed E-state index contributed by atoms with van der Waals surface area (Å²) in [6, 6.07) is 2.01. The Morgan fingerprint density at radius 1 is 1.44 bits per heavy atom. The molecular formula is C12H12N2O2S2. The molecule has 94 valence electrons. The number of thiophene rings is 1. The second kappa shape index (κ2) is 5.88. The molecule has 0 aromatic carbocycles. The normalized spacial score (nSPS) is 10.3. The lowest BCUT2D eigenvalue weighted by Gasteiger charge is -2.00. The lowest BCUT2D eigenvalue weighted by Crippen LogP contribution is -2.11. The van der Waals surface area contributed by atoms with Gasteiger partial charge in [-0.25, -0.2) is 4.98 Å². The van der Waals surface area contributed by atoms with E-state index in [2.05, 4.69) is 10.3 Å². The van der Waals surface area contributed by atoms with Crippen molar-refractivity contribution in [2.24, 2.45) is 0 Å². The van der Waals surface area contributed by atoms with Gasteiger partial charge in [0, 0.05) is 13.3 Å². The molecule has 2 aromatic heterocycles. The number of ketones is 1. The Balaban J connectivity index is 1.85. The summed E-state index contributed by atoms with van der Waals surface area (Å²) in [7, 11) is 0. The van der Waals surface area contributed by atoms with Crippen LogP contribution in [0, 0.1) is 0 Å². The van der Waals surface area contributed by atoms with Crippen LogP contribution in [0.1, 0.15) is 28.6 Å². The minimum absolute atomic E-state index is 0.0359. The van der Waals surface area contributed by atoms with Crippen molar-refractivity contribution in [3.63, 3.8) is 0 Å². The monoisotopic (exact) mass is 280 g/mol. The minimum Gasteiger partial charge on any atom is -0.302 e. The number of nitrogens with zero attached hydrogens (tertiary/aromatic N) is 1. The fraction of sp³-hybridized carbons (Fsp3) is 0.250. The maximum atomic E-state index is 11.7. The maximum absolute atomic E-state index is 11.7. The standard InChI is InChI=1S/C12H12N2O2S2/c1-8(15)10-6-13-12(18-10)14-11(16)3-2-9-4-5-17-7-9/h4-7H,2-3H2,1H3,(H,13,14,16). The molecule has 4 nitrogen and oxygen atoms in total. The number of aromatic nitrogens is 1. The summed E-state index contributed by atoms with van der Waals surface area (Å²) in [4.78, 5) is 27.3. The number of anilines is 1. The summed E-state index contributed by atoms with van der Waals surface area (Å²) in [6.45, 7) is 1.48. The smallest absolute Gasteiger partial charge is 0.226 e. The Labute approximate surface area is 113 Å². The van der Waals surface area contributed by atoms with Crippen LogP contribution in [0.25, 0.3) is 0 Å². The third kappa shape index (κ3) is 3.48. The largest absolute Gasteiger partial charge is 0.302 e. The predicted octanol–water partition coefficient (Wildman–Crippen LogP) is 2.98. The van der Waals surface area contributed by atoms with Gasteiger partial charge in [0.05, 0.1) is 11.1 Å². The topological polar surface area (TPSA) is 59.1 Å². The van der Waals surface area contributed by atoms with E-state index >= 15 is 0 Å². The van der Waals surface area contributed by atoms with Crippen molar-refractivity contribution in [1.29, 1.82) is 0 Å². The van der Waals surface area contributed by atoms with Crippen molar-refractivity contribution in [1.82, 2.24) is 4.98 Å². The van der Waals surface area contributed by atoms with Gasteiger partial charge < -0.3 is 5.32 Å². The van der Waals surface area contributed by atoms with Gasteiger partial charge in [0.1, 0.15) is 0 Å². The molecule has 6 heteroatoms. The van der Waals surface area contributed by atoms with E-state index in [1.165, 1.54) is 30.0 Å². The van der Waals surface area contributed by atoms with Crippen LogP contribution in [0.2, 0.25) is 0 Å². The highest BCUT2D eigenvalue weighted by Gasteiger charge is 2.09. The zero-order valence-corrected chi connectivity index (χ0v) is 11.4. The fourth-order valence-corrected chi connectivity index (χ4v) is 2.80. The van der Waals surface area contributed by atoms with Gasteiger partial charge in [-0.05, 0) is 28.8 Å². The lowest BCUT2D eigenvalue weighted by atomic mass is 10.2. The highest BCUT2D eigenvalue weighted by molar-refractivity contribution is 7.17. The summed E-state index contributed by atoms with van der Waals surface area (Å²) in [5, 5.41) is 7.21. The van der Waals surface area contributed by atoms with Crippen molar-refractivity contribution in [2.75, 3.05) is 5.32 Å². The Morgan fingerprint density at radius 2 is 2.28 bits per heavy atom. The first kappa shape index (κ1) is 12.9. The van der Waals surface area contributed by atoms with Crippen LogP contribution in [-0.4, -0.2) is 16.7 Å². The first-order valence-corrected chi connectivity index (χ1v) is 7.19. The van der Waals surface area contributed by atoms with Crippen LogP contribution >= 0.6 is 22.7 Å². The molecule has 1 amide bonds. The van der Waals surface area contributed by atoms with Crippen LogP contribution in [0.5, 0.6) is 0 Å². The molecule has 0 aliphatic rings. The van der Waals surface area contributed by atoms with Gasteiger partial charge in [0.25, 0.3) is 0 Å². The van der Waals surface area contributed by atoms with Crippen molar-refractivity contribution < 1.29 is 9.59 Å². The van der Waals surface area contributed by atoms with Crippen LogP contribution in [0.3, 0.4) is 0 Å². The molecule has 18 heavy (non-hydrogen) atoms. The molecule has 0 fully saturated rings. The zero-order chi connectivity index (χ0) is 13.0. The van der Waals surface area contributed by atoms with Gasteiger partial charge in [-0.2, -0.15) is 11.3 Å². The second-order valence-corrected chi connectivity index (χ2v) is 5.58. The summed E-state index contributed by atoms with van der Waals surface area (Å²) >= 11 is 2.82. The Morgan fingerprint density at radius 3 is 2.89 bits per heavy atom. The van der Waals surface area contributed by atoms with Gasteiger partial charge in [0.15, 0.2) is 10.9 Å². The molecule has 2 heterocycles. The first-order chi connectivity index (χ1) is 8.65. The van der Waals surface area contributed by atoms with E-state index in [1.807, 2.05) is 16.8 Å². The summed E-state index contributed by atoms with van der Waals surface area (Å²) in [6.07, 6.45) is 2.63. The third-order valence-electron chi connectivity index (χ3n) is 2.32. The van der Waals surface area contributed by atoms with E-state index in [4.69, 9.17) is 0 Å². The summed E-state index contributed by atoms with van der Waals surface area (Å²) < 4.78 is 0. The molecule has 0 saturated carbocycles. The van der Waals surface area contributed by atoms with E-state index < -0.39 is 0 Å². The zero-order valence-electron chi connectivity index (χ0n) is 9.80. The maximum Gasteiger partial charge on any atom is 0.226 e. The average Bonchev–Trinajstić information content (AvgIpc) is 2.96. The first-order valence-electron chi connectivity index (χ1n) is 5.43. The number of carbonyl (C=O) groups is 2. The molecule has 0 aliphatic carbocycles. The molecular weight excluding hydrogens is 268 g/mol. The van der Waals surface area contributed by atoms with Crippen molar-refractivity contribution >= 4 is 39.5 Å². The molecule has 0 spiro atoms. The van der Waals surface area contributed by atoms with Gasteiger partial charge in [-0.15, -0.1) is 0 Å². The number of nitrogens with one attached hydrogen (secondary N) is 1. The number of thiazole rings is 1. The van der Waals surface area contributed by atoms with Gasteiger partial charge in [-0.3, -0.25) is 9.59 Å². The molecule has 2 aromatic rings. The Hall–Kier alpha value is -1.53. The quantitative estimate of drug-likeness (QED) is 0.857. The molecule has 0 atom stereocenters. The number of hydrogen-bond donors (Lipinski definition) is 1. The van der Waals surface area contributed by atoms with Gasteiger partial charge in [0.2, 0.25) is 5.91 Å². The number of carbonyl (C=O) groups excluding carboxylic acids is 2. The van der Waals surface area contributed by atoms with Crippen LogP contribution in [0.4, 0.5) is 5.13 Å². The SMILES string of the molecule is CC(=O)c1cnc(NC(=O)CCc2ccsc2)s1. The second-order valence-electron chi connectivity index (χ2n) is 3.77. The molecule has 0 saturated heterocycles. The van der Waals surface area contributed by atoms with Crippen LogP contribution < -0.4 is 5.32 Å². The number of hydrogen-bond acceptors (Lipinski definition) is 5. The Kier molecular flexibility index (Phi) is 4.22.